The predicted octanol–water partition coefficient (Wildman–Crippen LogP) is 0.164. The van der Waals surface area contributed by atoms with Crippen LogP contribution < -0.4 is 0 Å². The van der Waals surface area contributed by atoms with Crippen molar-refractivity contribution >= 4 is 5.97 Å². The number of rotatable bonds is 3. The van der Waals surface area contributed by atoms with Crippen LogP contribution in [0.2, 0.25) is 0 Å². The van der Waals surface area contributed by atoms with Gasteiger partial charge in [0, 0.05) is 19.6 Å². The van der Waals surface area contributed by atoms with Crippen LogP contribution in [-0.4, -0.2) is 46.3 Å². The number of hydrogen-bond donors (Lipinski definition) is 2. The minimum atomic E-state index is -1.61. The topological polar surface area (TPSA) is 60.8 Å². The smallest absolute Gasteiger partial charge is 0.336 e. The fourth-order valence-corrected chi connectivity index (χ4v) is 1.78. The van der Waals surface area contributed by atoms with Gasteiger partial charge in [-0.25, -0.2) is 4.79 Å². The quantitative estimate of drug-likeness (QED) is 0.661. The molecule has 1 unspecified atom stereocenters. The summed E-state index contributed by atoms with van der Waals surface area (Å²) >= 11 is 0. The molecule has 0 aromatic rings. The van der Waals surface area contributed by atoms with Crippen LogP contribution in [0.25, 0.3) is 0 Å². The molecule has 1 fully saturated rings. The van der Waals surface area contributed by atoms with E-state index in [1.165, 1.54) is 6.92 Å². The van der Waals surface area contributed by atoms with Crippen molar-refractivity contribution in [2.75, 3.05) is 19.6 Å². The number of aliphatic hydroxyl groups is 1. The van der Waals surface area contributed by atoms with Gasteiger partial charge in [-0.15, -0.1) is 0 Å². The molecular weight excluding hydrogens is 170 g/mol. The third-order valence-electron chi connectivity index (χ3n) is 2.30. The fourth-order valence-electron chi connectivity index (χ4n) is 1.78. The number of likely N-dealkylation sites (tertiary alicyclic amines) is 1. The van der Waals surface area contributed by atoms with Gasteiger partial charge >= 0.3 is 5.97 Å². The number of carboxylic acids is 1. The summed E-state index contributed by atoms with van der Waals surface area (Å²) in [6.07, 6.45) is 0. The van der Waals surface area contributed by atoms with Crippen LogP contribution in [0.15, 0.2) is 0 Å². The van der Waals surface area contributed by atoms with E-state index in [-0.39, 0.29) is 12.0 Å². The van der Waals surface area contributed by atoms with Crippen LogP contribution in [0.3, 0.4) is 0 Å². The predicted molar refractivity (Wildman–Crippen MR) is 48.5 cm³/mol. The van der Waals surface area contributed by atoms with E-state index in [1.54, 1.807) is 0 Å². The standard InChI is InChI=1S/C9H17NO3/c1-8(2)4-10(5-8)6-9(3,13)7(11)12/h13H,4-6H2,1-3H3,(H,11,12). The summed E-state index contributed by atoms with van der Waals surface area (Å²) in [5.41, 5.74) is -1.34. The van der Waals surface area contributed by atoms with E-state index in [4.69, 9.17) is 5.11 Å². The Kier molecular flexibility index (Phi) is 2.38. The number of nitrogens with zero attached hydrogens (tertiary/aromatic N) is 1. The summed E-state index contributed by atoms with van der Waals surface area (Å²) in [5.74, 6) is -1.16. The lowest BCUT2D eigenvalue weighted by atomic mass is 9.83. The van der Waals surface area contributed by atoms with Crippen molar-refractivity contribution in [2.45, 2.75) is 26.4 Å². The van der Waals surface area contributed by atoms with Gasteiger partial charge in [-0.2, -0.15) is 0 Å². The lowest BCUT2D eigenvalue weighted by Crippen LogP contribution is -2.58. The Morgan fingerprint density at radius 1 is 1.54 bits per heavy atom. The van der Waals surface area contributed by atoms with Crippen LogP contribution in [0.5, 0.6) is 0 Å². The molecule has 0 aromatic heterocycles. The van der Waals surface area contributed by atoms with Crippen molar-refractivity contribution in [3.8, 4) is 0 Å². The zero-order chi connectivity index (χ0) is 10.3. The molecule has 0 aliphatic carbocycles. The van der Waals surface area contributed by atoms with E-state index in [1.807, 2.05) is 4.90 Å². The second-order valence-corrected chi connectivity index (χ2v) is 4.89. The molecule has 0 bridgehead atoms. The third-order valence-corrected chi connectivity index (χ3v) is 2.30. The molecule has 0 radical (unpaired) electrons. The molecular formula is C9H17NO3. The van der Waals surface area contributed by atoms with Crippen LogP contribution in [0, 0.1) is 5.41 Å². The van der Waals surface area contributed by atoms with Gasteiger partial charge in [0.05, 0.1) is 0 Å². The number of carbonyl (C=O) groups is 1. The van der Waals surface area contributed by atoms with Crippen LogP contribution >= 0.6 is 0 Å². The Labute approximate surface area is 78.2 Å². The monoisotopic (exact) mass is 187 g/mol. The second-order valence-electron chi connectivity index (χ2n) is 4.89. The summed E-state index contributed by atoms with van der Waals surface area (Å²) in [4.78, 5) is 12.5. The zero-order valence-electron chi connectivity index (χ0n) is 8.37. The summed E-state index contributed by atoms with van der Waals surface area (Å²) in [5, 5.41) is 18.1. The summed E-state index contributed by atoms with van der Waals surface area (Å²) < 4.78 is 0. The Hall–Kier alpha value is -0.610. The third kappa shape index (κ3) is 2.42. The highest BCUT2D eigenvalue weighted by Crippen LogP contribution is 2.29. The molecule has 1 heterocycles. The molecule has 2 N–H and O–H groups in total. The number of aliphatic carboxylic acids is 1. The maximum Gasteiger partial charge on any atom is 0.336 e. The van der Waals surface area contributed by atoms with Crippen LogP contribution in [-0.2, 0) is 4.79 Å². The molecule has 1 aliphatic rings. The largest absolute Gasteiger partial charge is 0.479 e. The van der Waals surface area contributed by atoms with Crippen molar-refractivity contribution in [2.24, 2.45) is 5.41 Å². The molecule has 0 saturated carbocycles. The number of carboxylic acid groups (broad SMARTS) is 1. The van der Waals surface area contributed by atoms with Gasteiger partial charge in [-0.3, -0.25) is 4.90 Å². The van der Waals surface area contributed by atoms with Gasteiger partial charge in [0.25, 0.3) is 0 Å². The van der Waals surface area contributed by atoms with Crippen LogP contribution in [0.4, 0.5) is 0 Å². The molecule has 13 heavy (non-hydrogen) atoms. The van der Waals surface area contributed by atoms with Gasteiger partial charge < -0.3 is 10.2 Å². The summed E-state index contributed by atoms with van der Waals surface area (Å²) in [6, 6.07) is 0. The normalized spacial score (nSPS) is 26.2. The highest BCUT2D eigenvalue weighted by atomic mass is 16.4. The minimum Gasteiger partial charge on any atom is -0.479 e. The van der Waals surface area contributed by atoms with Gasteiger partial charge in [0.15, 0.2) is 5.60 Å². The van der Waals surface area contributed by atoms with Crippen molar-refractivity contribution in [1.82, 2.24) is 4.90 Å². The van der Waals surface area contributed by atoms with Gasteiger partial charge in [-0.05, 0) is 12.3 Å². The lowest BCUT2D eigenvalue weighted by molar-refractivity contribution is -0.161. The molecule has 0 spiro atoms. The van der Waals surface area contributed by atoms with E-state index in [0.29, 0.717) is 0 Å². The minimum absolute atomic E-state index is 0.214. The van der Waals surface area contributed by atoms with Crippen molar-refractivity contribution in [1.29, 1.82) is 0 Å². The maximum atomic E-state index is 10.6. The Bertz CT molecular complexity index is 215. The average Bonchev–Trinajstić information content (AvgIpc) is 1.81. The lowest BCUT2D eigenvalue weighted by Gasteiger charge is -2.47. The molecule has 1 aliphatic heterocycles. The highest BCUT2D eigenvalue weighted by molar-refractivity contribution is 5.76. The Morgan fingerprint density at radius 2 is 2.00 bits per heavy atom. The highest BCUT2D eigenvalue weighted by Gasteiger charge is 2.40. The second kappa shape index (κ2) is 2.96. The SMILES string of the molecule is CC1(C)CN(CC(C)(O)C(=O)O)C1. The van der Waals surface area contributed by atoms with E-state index in [9.17, 15) is 9.90 Å². The summed E-state index contributed by atoms with van der Waals surface area (Å²) in [7, 11) is 0. The van der Waals surface area contributed by atoms with E-state index in [2.05, 4.69) is 13.8 Å². The van der Waals surface area contributed by atoms with Gasteiger partial charge in [0.2, 0.25) is 0 Å². The first-order valence-electron chi connectivity index (χ1n) is 4.41. The number of β-amino-alcohol motifs (C(OH)–C–C–N with tert-alkyl or cyclic N) is 1. The Balaban J connectivity index is 2.40. The molecule has 4 nitrogen and oxygen atoms in total. The van der Waals surface area contributed by atoms with Crippen LogP contribution in [0.1, 0.15) is 20.8 Å². The molecule has 0 amide bonds. The average molecular weight is 187 g/mol. The molecule has 1 saturated heterocycles. The van der Waals surface area contributed by atoms with Crippen molar-refractivity contribution in [3.63, 3.8) is 0 Å². The first-order valence-corrected chi connectivity index (χ1v) is 4.41. The van der Waals surface area contributed by atoms with E-state index < -0.39 is 11.6 Å². The van der Waals surface area contributed by atoms with Crippen molar-refractivity contribution < 1.29 is 15.0 Å². The molecule has 4 heteroatoms. The van der Waals surface area contributed by atoms with Gasteiger partial charge in [0.1, 0.15) is 0 Å². The zero-order valence-corrected chi connectivity index (χ0v) is 8.37. The molecule has 1 atom stereocenters. The first kappa shape index (κ1) is 10.5. The molecule has 76 valence electrons. The van der Waals surface area contributed by atoms with E-state index >= 15 is 0 Å². The number of hydrogen-bond acceptors (Lipinski definition) is 3. The fraction of sp³-hybridized carbons (Fsp3) is 0.889. The Morgan fingerprint density at radius 3 is 2.31 bits per heavy atom. The van der Waals surface area contributed by atoms with Crippen molar-refractivity contribution in [3.05, 3.63) is 0 Å². The molecule has 1 rings (SSSR count). The van der Waals surface area contributed by atoms with E-state index in [0.717, 1.165) is 13.1 Å². The van der Waals surface area contributed by atoms with Gasteiger partial charge in [-0.1, -0.05) is 13.8 Å². The maximum absolute atomic E-state index is 10.6. The first-order chi connectivity index (χ1) is 5.73. The summed E-state index contributed by atoms with van der Waals surface area (Å²) in [6.45, 7) is 7.51. The molecule has 0 aromatic carbocycles.